The number of rotatable bonds is 4. The lowest BCUT2D eigenvalue weighted by molar-refractivity contribution is 0.372. The summed E-state index contributed by atoms with van der Waals surface area (Å²) in [4.78, 5) is 5.33. The van der Waals surface area contributed by atoms with Crippen LogP contribution in [0.3, 0.4) is 0 Å². The van der Waals surface area contributed by atoms with Crippen molar-refractivity contribution in [2.24, 2.45) is 0 Å². The van der Waals surface area contributed by atoms with Crippen LogP contribution in [0.5, 0.6) is 0 Å². The van der Waals surface area contributed by atoms with Crippen LogP contribution in [0.25, 0.3) is 10.8 Å². The molecule has 0 radical (unpaired) electrons. The van der Waals surface area contributed by atoms with E-state index in [1.54, 1.807) is 11.3 Å². The van der Waals surface area contributed by atoms with E-state index in [0.29, 0.717) is 28.6 Å². The molecule has 6 nitrogen and oxygen atoms in total. The van der Waals surface area contributed by atoms with Gasteiger partial charge in [0.25, 0.3) is 11.1 Å². The van der Waals surface area contributed by atoms with Gasteiger partial charge < -0.3 is 8.94 Å². The smallest absolute Gasteiger partial charge is 0.277 e. The number of thioether (sulfide) groups is 1. The quantitative estimate of drug-likeness (QED) is 0.676. The summed E-state index contributed by atoms with van der Waals surface area (Å²) in [5.41, 5.74) is -0.122. The van der Waals surface area contributed by atoms with Crippen molar-refractivity contribution in [1.82, 2.24) is 20.3 Å². The molecule has 0 unspecified atom stereocenters. The summed E-state index contributed by atoms with van der Waals surface area (Å²) < 4.78 is 10.8. The van der Waals surface area contributed by atoms with Gasteiger partial charge in [0.1, 0.15) is 0 Å². The molecule has 0 aromatic carbocycles. The van der Waals surface area contributed by atoms with Gasteiger partial charge in [0, 0.05) is 5.41 Å². The fourth-order valence-corrected chi connectivity index (χ4v) is 2.75. The monoisotopic (exact) mass is 322 g/mol. The number of aromatic nitrogens is 4. The molecule has 0 aliphatic heterocycles. The van der Waals surface area contributed by atoms with E-state index in [9.17, 15) is 0 Å². The fraction of sp³-hybridized carbons (Fsp3) is 0.385. The third-order valence-electron chi connectivity index (χ3n) is 2.60. The molecule has 0 N–H and O–H groups in total. The van der Waals surface area contributed by atoms with E-state index in [1.807, 2.05) is 38.3 Å². The summed E-state index contributed by atoms with van der Waals surface area (Å²) >= 11 is 2.95. The van der Waals surface area contributed by atoms with Gasteiger partial charge in [-0.05, 0) is 11.4 Å². The summed E-state index contributed by atoms with van der Waals surface area (Å²) in [5, 5.41) is 14.5. The van der Waals surface area contributed by atoms with Crippen LogP contribution in [0, 0.1) is 0 Å². The topological polar surface area (TPSA) is 77.8 Å². The van der Waals surface area contributed by atoms with Gasteiger partial charge in [0.15, 0.2) is 5.82 Å². The molecular weight excluding hydrogens is 308 g/mol. The number of hydrogen-bond donors (Lipinski definition) is 0. The summed E-state index contributed by atoms with van der Waals surface area (Å²) in [6, 6.07) is 3.89. The number of thiophene rings is 1. The first-order valence-corrected chi connectivity index (χ1v) is 8.22. The van der Waals surface area contributed by atoms with E-state index in [1.165, 1.54) is 11.8 Å². The first kappa shape index (κ1) is 14.3. The standard InChI is InChI=1S/C13H14N4O2S2/c1-13(2,3)11-14-9(19-17-11)7-21-12-16-15-10(18-12)8-5-4-6-20-8/h4-6H,7H2,1-3H3. The Hall–Kier alpha value is -1.67. The Morgan fingerprint density at radius 2 is 2.14 bits per heavy atom. The lowest BCUT2D eigenvalue weighted by Crippen LogP contribution is -2.13. The van der Waals surface area contributed by atoms with Crippen molar-refractivity contribution in [1.29, 1.82) is 0 Å². The minimum absolute atomic E-state index is 0.122. The minimum Gasteiger partial charge on any atom is -0.410 e. The second kappa shape index (κ2) is 5.61. The lowest BCUT2D eigenvalue weighted by atomic mass is 9.96. The summed E-state index contributed by atoms with van der Waals surface area (Å²) in [5.74, 6) is 2.30. The molecule has 3 rings (SSSR count). The van der Waals surface area contributed by atoms with Crippen molar-refractivity contribution in [2.45, 2.75) is 37.2 Å². The zero-order valence-electron chi connectivity index (χ0n) is 11.9. The first-order chi connectivity index (χ1) is 10.0. The van der Waals surface area contributed by atoms with Crippen LogP contribution in [-0.4, -0.2) is 20.3 Å². The van der Waals surface area contributed by atoms with Crippen LogP contribution in [-0.2, 0) is 11.2 Å². The molecule has 0 fully saturated rings. The molecule has 0 aliphatic carbocycles. The molecule has 0 spiro atoms. The van der Waals surface area contributed by atoms with E-state index in [0.717, 1.165) is 4.88 Å². The van der Waals surface area contributed by atoms with Crippen LogP contribution >= 0.6 is 23.1 Å². The Morgan fingerprint density at radius 3 is 2.81 bits per heavy atom. The SMILES string of the molecule is CC(C)(C)c1noc(CSc2nnc(-c3cccs3)o2)n1. The van der Waals surface area contributed by atoms with Crippen LogP contribution in [0.4, 0.5) is 0 Å². The van der Waals surface area contributed by atoms with E-state index in [2.05, 4.69) is 20.3 Å². The predicted octanol–water partition coefficient (Wildman–Crippen LogP) is 3.77. The molecule has 3 aromatic heterocycles. The Morgan fingerprint density at radius 1 is 1.29 bits per heavy atom. The highest BCUT2D eigenvalue weighted by Gasteiger charge is 2.21. The van der Waals surface area contributed by atoms with Gasteiger partial charge in [-0.2, -0.15) is 4.98 Å². The molecule has 3 heterocycles. The Labute approximate surface area is 130 Å². The number of nitrogens with zero attached hydrogens (tertiary/aromatic N) is 4. The molecular formula is C13H14N4O2S2. The maximum absolute atomic E-state index is 5.59. The average molecular weight is 322 g/mol. The van der Waals surface area contributed by atoms with Gasteiger partial charge in [-0.25, -0.2) is 0 Å². The van der Waals surface area contributed by atoms with Crippen LogP contribution in [0.1, 0.15) is 32.5 Å². The van der Waals surface area contributed by atoms with Gasteiger partial charge in [0.2, 0.25) is 5.89 Å². The van der Waals surface area contributed by atoms with Gasteiger partial charge in [-0.1, -0.05) is 43.8 Å². The molecule has 0 saturated heterocycles. The summed E-state index contributed by atoms with van der Waals surface area (Å²) in [6.45, 7) is 6.13. The second-order valence-corrected chi connectivity index (χ2v) is 7.28. The average Bonchev–Trinajstić information content (AvgIpc) is 3.16. The fourth-order valence-electron chi connectivity index (χ4n) is 1.51. The third kappa shape index (κ3) is 3.33. The molecule has 21 heavy (non-hydrogen) atoms. The van der Waals surface area contributed by atoms with Gasteiger partial charge >= 0.3 is 0 Å². The molecule has 8 heteroatoms. The van der Waals surface area contributed by atoms with Crippen molar-refractivity contribution in [2.75, 3.05) is 0 Å². The predicted molar refractivity (Wildman–Crippen MR) is 80.2 cm³/mol. The normalized spacial score (nSPS) is 12.0. The van der Waals surface area contributed by atoms with E-state index in [4.69, 9.17) is 8.94 Å². The molecule has 0 atom stereocenters. The van der Waals surface area contributed by atoms with Crippen molar-refractivity contribution in [3.8, 4) is 10.8 Å². The highest BCUT2D eigenvalue weighted by molar-refractivity contribution is 7.98. The first-order valence-electron chi connectivity index (χ1n) is 6.35. The molecule has 0 saturated carbocycles. The van der Waals surface area contributed by atoms with Crippen LogP contribution in [0.2, 0.25) is 0 Å². The van der Waals surface area contributed by atoms with Gasteiger partial charge in [0.05, 0.1) is 10.6 Å². The maximum atomic E-state index is 5.59. The van der Waals surface area contributed by atoms with Gasteiger partial charge in [-0.3, -0.25) is 0 Å². The van der Waals surface area contributed by atoms with Gasteiger partial charge in [-0.15, -0.1) is 21.5 Å². The maximum Gasteiger partial charge on any atom is 0.277 e. The Balaban J connectivity index is 1.64. The summed E-state index contributed by atoms with van der Waals surface area (Å²) in [7, 11) is 0. The van der Waals surface area contributed by atoms with Crippen LogP contribution in [0.15, 0.2) is 31.7 Å². The zero-order valence-corrected chi connectivity index (χ0v) is 13.5. The highest BCUT2D eigenvalue weighted by Crippen LogP contribution is 2.28. The van der Waals surface area contributed by atoms with Crippen LogP contribution < -0.4 is 0 Å². The second-order valence-electron chi connectivity index (χ2n) is 5.40. The Kier molecular flexibility index (Phi) is 3.81. The Bertz CT molecular complexity index is 713. The molecule has 3 aromatic rings. The number of hydrogen-bond acceptors (Lipinski definition) is 8. The van der Waals surface area contributed by atoms with E-state index in [-0.39, 0.29) is 5.41 Å². The molecule has 0 bridgehead atoms. The largest absolute Gasteiger partial charge is 0.410 e. The lowest BCUT2D eigenvalue weighted by Gasteiger charge is -2.10. The van der Waals surface area contributed by atoms with Crippen molar-refractivity contribution < 1.29 is 8.94 Å². The minimum atomic E-state index is -0.122. The molecule has 0 aliphatic rings. The van der Waals surface area contributed by atoms with E-state index >= 15 is 0 Å². The molecule has 0 amide bonds. The van der Waals surface area contributed by atoms with E-state index < -0.39 is 0 Å². The highest BCUT2D eigenvalue weighted by atomic mass is 32.2. The molecule has 110 valence electrons. The van der Waals surface area contributed by atoms with Crippen molar-refractivity contribution in [3.05, 3.63) is 29.2 Å². The zero-order chi connectivity index (χ0) is 14.9. The third-order valence-corrected chi connectivity index (χ3v) is 4.26. The van der Waals surface area contributed by atoms with Crippen molar-refractivity contribution in [3.63, 3.8) is 0 Å². The summed E-state index contributed by atoms with van der Waals surface area (Å²) in [6.07, 6.45) is 0. The van der Waals surface area contributed by atoms with Crippen molar-refractivity contribution >= 4 is 23.1 Å².